The Hall–Kier alpha value is -0.260. The molecule has 0 heterocycles. The van der Waals surface area contributed by atoms with Crippen LogP contribution in [0.5, 0.6) is 0 Å². The minimum Gasteiger partial charge on any atom is -0.0883 e. The van der Waals surface area contributed by atoms with Crippen molar-refractivity contribution in [2.75, 3.05) is 0 Å². The van der Waals surface area contributed by atoms with Gasteiger partial charge in [0.2, 0.25) is 0 Å². The summed E-state index contributed by atoms with van der Waals surface area (Å²) >= 11 is 0. The van der Waals surface area contributed by atoms with E-state index in [4.69, 9.17) is 0 Å². The molecule has 0 unspecified atom stereocenters. The van der Waals surface area contributed by atoms with Crippen molar-refractivity contribution in [1.29, 1.82) is 0 Å². The fourth-order valence-electron chi connectivity index (χ4n) is 1.96. The molecule has 0 aliphatic rings. The van der Waals surface area contributed by atoms with Crippen molar-refractivity contribution < 1.29 is 0 Å². The highest BCUT2D eigenvalue weighted by atomic mass is 14.2. The molecule has 0 heteroatoms. The molecule has 0 fully saturated rings. The van der Waals surface area contributed by atoms with E-state index in [9.17, 15) is 0 Å². The van der Waals surface area contributed by atoms with Gasteiger partial charge < -0.3 is 0 Å². The Morgan fingerprint density at radius 3 is 1.93 bits per heavy atom. The monoisotopic (exact) mass is 196 g/mol. The van der Waals surface area contributed by atoms with Crippen LogP contribution in [-0.4, -0.2) is 0 Å². The topological polar surface area (TPSA) is 0 Å². The second-order valence-electron chi connectivity index (χ2n) is 6.07. The highest BCUT2D eigenvalue weighted by molar-refractivity contribution is 4.88. The number of rotatable bonds is 6. The van der Waals surface area contributed by atoms with Crippen LogP contribution in [0.4, 0.5) is 0 Å². The highest BCUT2D eigenvalue weighted by Crippen LogP contribution is 2.29. The Balaban J connectivity index is 3.80. The van der Waals surface area contributed by atoms with Crippen LogP contribution in [0.2, 0.25) is 0 Å². The lowest BCUT2D eigenvalue weighted by molar-refractivity contribution is 0.290. The van der Waals surface area contributed by atoms with Crippen LogP contribution >= 0.6 is 0 Å². The third kappa shape index (κ3) is 8.34. The SMILES string of the molecule is CC(C)C/C=C/CC(C)(C)CC(C)C. The van der Waals surface area contributed by atoms with Crippen LogP contribution in [-0.2, 0) is 0 Å². The summed E-state index contributed by atoms with van der Waals surface area (Å²) in [6.07, 6.45) is 8.46. The van der Waals surface area contributed by atoms with Gasteiger partial charge in [0.1, 0.15) is 0 Å². The van der Waals surface area contributed by atoms with Crippen LogP contribution in [0, 0.1) is 17.3 Å². The summed E-state index contributed by atoms with van der Waals surface area (Å²) in [6.45, 7) is 13.9. The molecular weight excluding hydrogens is 168 g/mol. The molecule has 0 N–H and O–H groups in total. The average molecular weight is 196 g/mol. The van der Waals surface area contributed by atoms with Crippen LogP contribution < -0.4 is 0 Å². The summed E-state index contributed by atoms with van der Waals surface area (Å²) in [5.41, 5.74) is 0.474. The zero-order valence-corrected chi connectivity index (χ0v) is 10.9. The minimum absolute atomic E-state index is 0.474. The van der Waals surface area contributed by atoms with E-state index >= 15 is 0 Å². The van der Waals surface area contributed by atoms with Gasteiger partial charge in [-0.25, -0.2) is 0 Å². The van der Waals surface area contributed by atoms with Crippen molar-refractivity contribution in [2.45, 2.75) is 60.8 Å². The standard InChI is InChI=1S/C14H28/c1-12(2)9-7-8-10-14(5,6)11-13(3)4/h7-8,12-13H,9-11H2,1-6H3/b8-7+. The van der Waals surface area contributed by atoms with Crippen molar-refractivity contribution in [3.8, 4) is 0 Å². The van der Waals surface area contributed by atoms with Gasteiger partial charge in [0.15, 0.2) is 0 Å². The van der Waals surface area contributed by atoms with Gasteiger partial charge in [-0.05, 0) is 36.5 Å². The Morgan fingerprint density at radius 1 is 0.929 bits per heavy atom. The molecule has 0 aromatic heterocycles. The Labute approximate surface area is 90.8 Å². The maximum Gasteiger partial charge on any atom is -0.0299 e. The Morgan fingerprint density at radius 2 is 1.50 bits per heavy atom. The lowest BCUT2D eigenvalue weighted by atomic mass is 9.81. The van der Waals surface area contributed by atoms with Crippen molar-refractivity contribution in [3.63, 3.8) is 0 Å². The van der Waals surface area contributed by atoms with Crippen LogP contribution in [0.1, 0.15) is 60.8 Å². The third-order valence-electron chi connectivity index (χ3n) is 2.41. The van der Waals surface area contributed by atoms with Crippen molar-refractivity contribution in [1.82, 2.24) is 0 Å². The molecule has 0 amide bonds. The largest absolute Gasteiger partial charge is 0.0883 e. The fraction of sp³-hybridized carbons (Fsp3) is 0.857. The number of hydrogen-bond acceptors (Lipinski definition) is 0. The van der Waals surface area contributed by atoms with Gasteiger partial charge in [-0.3, -0.25) is 0 Å². The molecular formula is C14H28. The molecule has 0 aromatic rings. The van der Waals surface area contributed by atoms with Crippen molar-refractivity contribution in [2.24, 2.45) is 17.3 Å². The second-order valence-corrected chi connectivity index (χ2v) is 6.07. The molecule has 0 saturated heterocycles. The van der Waals surface area contributed by atoms with E-state index in [1.807, 2.05) is 0 Å². The summed E-state index contributed by atoms with van der Waals surface area (Å²) < 4.78 is 0. The van der Waals surface area contributed by atoms with E-state index in [0.717, 1.165) is 11.8 Å². The van der Waals surface area contributed by atoms with Crippen LogP contribution in [0.25, 0.3) is 0 Å². The van der Waals surface area contributed by atoms with E-state index in [0.29, 0.717) is 5.41 Å². The summed E-state index contributed by atoms with van der Waals surface area (Å²) in [4.78, 5) is 0. The van der Waals surface area contributed by atoms with Gasteiger partial charge in [0, 0.05) is 0 Å². The first-order valence-electron chi connectivity index (χ1n) is 5.98. The summed E-state index contributed by atoms with van der Waals surface area (Å²) in [6, 6.07) is 0. The van der Waals surface area contributed by atoms with Crippen molar-refractivity contribution in [3.05, 3.63) is 12.2 Å². The molecule has 0 aromatic carbocycles. The molecule has 0 aliphatic heterocycles. The number of hydrogen-bond donors (Lipinski definition) is 0. The van der Waals surface area contributed by atoms with Gasteiger partial charge in [0.05, 0.1) is 0 Å². The second kappa shape index (κ2) is 6.27. The zero-order chi connectivity index (χ0) is 11.2. The molecule has 0 spiro atoms. The summed E-state index contributed by atoms with van der Waals surface area (Å²) in [7, 11) is 0. The molecule has 0 aliphatic carbocycles. The molecule has 0 nitrogen and oxygen atoms in total. The molecule has 0 saturated carbocycles. The van der Waals surface area contributed by atoms with Crippen LogP contribution in [0.15, 0.2) is 12.2 Å². The average Bonchev–Trinajstić information content (AvgIpc) is 1.95. The van der Waals surface area contributed by atoms with Crippen molar-refractivity contribution >= 4 is 0 Å². The molecule has 14 heavy (non-hydrogen) atoms. The smallest absolute Gasteiger partial charge is 0.0299 e. The molecule has 0 rings (SSSR count). The first-order valence-corrected chi connectivity index (χ1v) is 5.98. The van der Waals surface area contributed by atoms with E-state index in [1.165, 1.54) is 19.3 Å². The first-order chi connectivity index (χ1) is 6.33. The normalized spacial score (nSPS) is 13.4. The van der Waals surface area contributed by atoms with Gasteiger partial charge in [-0.2, -0.15) is 0 Å². The predicted molar refractivity (Wildman–Crippen MR) is 66.4 cm³/mol. The first kappa shape index (κ1) is 13.7. The maximum absolute atomic E-state index is 2.37. The van der Waals surface area contributed by atoms with Gasteiger partial charge >= 0.3 is 0 Å². The van der Waals surface area contributed by atoms with E-state index in [-0.39, 0.29) is 0 Å². The van der Waals surface area contributed by atoms with Gasteiger partial charge in [-0.1, -0.05) is 53.7 Å². The van der Waals surface area contributed by atoms with Gasteiger partial charge in [-0.15, -0.1) is 0 Å². The number of allylic oxidation sites excluding steroid dienone is 2. The summed E-state index contributed by atoms with van der Waals surface area (Å²) in [5.74, 6) is 1.60. The van der Waals surface area contributed by atoms with Crippen LogP contribution in [0.3, 0.4) is 0 Å². The highest BCUT2D eigenvalue weighted by Gasteiger charge is 2.17. The fourth-order valence-corrected chi connectivity index (χ4v) is 1.96. The van der Waals surface area contributed by atoms with Gasteiger partial charge in [0.25, 0.3) is 0 Å². The minimum atomic E-state index is 0.474. The lowest BCUT2D eigenvalue weighted by Gasteiger charge is -2.25. The summed E-state index contributed by atoms with van der Waals surface area (Å²) in [5, 5.41) is 0. The third-order valence-corrected chi connectivity index (χ3v) is 2.41. The molecule has 84 valence electrons. The quantitative estimate of drug-likeness (QED) is 0.521. The van der Waals surface area contributed by atoms with E-state index in [1.54, 1.807) is 0 Å². The molecule has 0 radical (unpaired) electrons. The molecule has 0 bridgehead atoms. The Bertz CT molecular complexity index is 161. The lowest BCUT2D eigenvalue weighted by Crippen LogP contribution is -2.13. The predicted octanol–water partition coefficient (Wildman–Crippen LogP) is 5.05. The molecule has 0 atom stereocenters. The Kier molecular flexibility index (Phi) is 6.15. The van der Waals surface area contributed by atoms with E-state index in [2.05, 4.69) is 53.7 Å². The zero-order valence-electron chi connectivity index (χ0n) is 10.9. The maximum atomic E-state index is 2.37. The van der Waals surface area contributed by atoms with E-state index < -0.39 is 0 Å².